The molecular weight excluding hydrogens is 462 g/mol. The van der Waals surface area contributed by atoms with Gasteiger partial charge in [-0.25, -0.2) is 0 Å². The monoisotopic (exact) mass is 472 g/mol. The van der Waals surface area contributed by atoms with E-state index in [4.69, 9.17) is 20.4 Å². The van der Waals surface area contributed by atoms with Crippen LogP contribution in [-0.2, 0) is 0 Å². The molecule has 0 aliphatic carbocycles. The van der Waals surface area contributed by atoms with E-state index in [0.29, 0.717) is 0 Å². The minimum atomic E-state index is -7.60. The standard InChI is InChI=1S/C11H10F14O4/c12-5(13,1-26)9(20,21)7(16,17)3(28)4(29)8(18,19)11(24,25)10(22,23)6(14,15)2-27/h3-4,26-29H,1-2H2. The number of hydrogen-bond donors (Lipinski definition) is 4. The Balaban J connectivity index is 6.29. The molecule has 0 amide bonds. The van der Waals surface area contributed by atoms with Crippen LogP contribution in [0.2, 0.25) is 0 Å². The molecule has 0 aromatic heterocycles. The molecule has 4 N–H and O–H groups in total. The molecule has 18 heteroatoms. The van der Waals surface area contributed by atoms with Gasteiger partial charge in [-0.1, -0.05) is 0 Å². The topological polar surface area (TPSA) is 80.9 Å². The van der Waals surface area contributed by atoms with Crippen molar-refractivity contribution in [2.75, 3.05) is 13.2 Å². The highest BCUT2D eigenvalue weighted by Gasteiger charge is 2.84. The molecule has 0 bridgehead atoms. The number of halogens is 14. The third-order valence-corrected chi connectivity index (χ3v) is 3.59. The van der Waals surface area contributed by atoms with E-state index in [9.17, 15) is 61.5 Å². The second kappa shape index (κ2) is 7.52. The lowest BCUT2D eigenvalue weighted by Crippen LogP contribution is -2.71. The first kappa shape index (κ1) is 27.9. The third kappa shape index (κ3) is 3.83. The van der Waals surface area contributed by atoms with Crippen LogP contribution in [0.1, 0.15) is 0 Å². The number of aliphatic hydroxyl groups excluding tert-OH is 4. The first-order valence-corrected chi connectivity index (χ1v) is 6.66. The second-order valence-electron chi connectivity index (χ2n) is 5.58. The van der Waals surface area contributed by atoms with Crippen molar-refractivity contribution < 1.29 is 81.9 Å². The van der Waals surface area contributed by atoms with Crippen LogP contribution in [0, 0.1) is 0 Å². The van der Waals surface area contributed by atoms with Crippen LogP contribution in [0.15, 0.2) is 0 Å². The summed E-state index contributed by atoms with van der Waals surface area (Å²) in [5.41, 5.74) is 0. The molecule has 0 rings (SSSR count). The molecule has 0 aliphatic rings. The molecule has 0 aliphatic heterocycles. The number of alkyl halides is 14. The molecule has 0 heterocycles. The maximum Gasteiger partial charge on any atom is 0.381 e. The number of aliphatic hydroxyl groups is 4. The van der Waals surface area contributed by atoms with E-state index >= 15 is 0 Å². The zero-order chi connectivity index (χ0) is 24.1. The van der Waals surface area contributed by atoms with Crippen LogP contribution < -0.4 is 0 Å². The van der Waals surface area contributed by atoms with E-state index in [1.54, 1.807) is 0 Å². The fraction of sp³-hybridized carbons (Fsp3) is 1.00. The van der Waals surface area contributed by atoms with Gasteiger partial charge in [0, 0.05) is 0 Å². The summed E-state index contributed by atoms with van der Waals surface area (Å²) >= 11 is 0. The minimum Gasteiger partial charge on any atom is -0.390 e. The van der Waals surface area contributed by atoms with Gasteiger partial charge in [0.2, 0.25) is 0 Å². The lowest BCUT2D eigenvalue weighted by molar-refractivity contribution is -0.400. The van der Waals surface area contributed by atoms with E-state index in [1.165, 1.54) is 0 Å². The molecule has 0 saturated carbocycles. The van der Waals surface area contributed by atoms with Crippen LogP contribution in [0.3, 0.4) is 0 Å². The van der Waals surface area contributed by atoms with Crippen LogP contribution in [0.4, 0.5) is 61.5 Å². The summed E-state index contributed by atoms with van der Waals surface area (Å²) in [4.78, 5) is 0. The molecule has 0 saturated heterocycles. The molecule has 4 nitrogen and oxygen atoms in total. The zero-order valence-corrected chi connectivity index (χ0v) is 13.1. The fourth-order valence-corrected chi connectivity index (χ4v) is 1.65. The molecule has 0 aromatic rings. The zero-order valence-electron chi connectivity index (χ0n) is 13.1. The van der Waals surface area contributed by atoms with Crippen LogP contribution in [-0.4, -0.2) is 87.3 Å². The Morgan fingerprint density at radius 2 is 0.690 bits per heavy atom. The Bertz CT molecular complexity index is 578. The van der Waals surface area contributed by atoms with Gasteiger partial charge in [0.15, 0.2) is 12.2 Å². The average Bonchev–Trinajstić information content (AvgIpc) is 2.59. The van der Waals surface area contributed by atoms with E-state index in [0.717, 1.165) is 0 Å². The molecule has 2 unspecified atom stereocenters. The summed E-state index contributed by atoms with van der Waals surface area (Å²) in [5.74, 6) is -48.8. The average molecular weight is 472 g/mol. The van der Waals surface area contributed by atoms with Gasteiger partial charge < -0.3 is 20.4 Å². The predicted molar refractivity (Wildman–Crippen MR) is 60.8 cm³/mol. The van der Waals surface area contributed by atoms with Crippen molar-refractivity contribution >= 4 is 0 Å². The van der Waals surface area contributed by atoms with Gasteiger partial charge in [-0.2, -0.15) is 61.5 Å². The SMILES string of the molecule is OCC(F)(F)C(F)(F)C(F)(F)C(O)C(O)C(F)(F)C(F)(F)C(F)(F)C(F)(F)CO. The lowest BCUT2D eigenvalue weighted by Gasteiger charge is -2.41. The molecule has 2 atom stereocenters. The van der Waals surface area contributed by atoms with E-state index in [1.807, 2.05) is 0 Å². The van der Waals surface area contributed by atoms with Crippen molar-refractivity contribution in [3.8, 4) is 0 Å². The third-order valence-electron chi connectivity index (χ3n) is 3.59. The van der Waals surface area contributed by atoms with Crippen molar-refractivity contribution in [1.29, 1.82) is 0 Å². The highest BCUT2D eigenvalue weighted by molar-refractivity contribution is 5.10. The first-order chi connectivity index (χ1) is 12.4. The van der Waals surface area contributed by atoms with Crippen LogP contribution >= 0.6 is 0 Å². The summed E-state index contributed by atoms with van der Waals surface area (Å²) in [6.45, 7) is -6.34. The first-order valence-electron chi connectivity index (χ1n) is 6.66. The molecule has 29 heavy (non-hydrogen) atoms. The van der Waals surface area contributed by atoms with Crippen molar-refractivity contribution in [3.05, 3.63) is 0 Å². The fourth-order valence-electron chi connectivity index (χ4n) is 1.65. The second-order valence-corrected chi connectivity index (χ2v) is 5.58. The molecular formula is C11H10F14O4. The maximum absolute atomic E-state index is 13.4. The Kier molecular flexibility index (Phi) is 7.23. The summed E-state index contributed by atoms with van der Waals surface area (Å²) < 4.78 is 183. The van der Waals surface area contributed by atoms with E-state index < -0.39 is 66.9 Å². The van der Waals surface area contributed by atoms with E-state index in [-0.39, 0.29) is 0 Å². The quantitative estimate of drug-likeness (QED) is 0.368. The van der Waals surface area contributed by atoms with Gasteiger partial charge in [-0.3, -0.25) is 0 Å². The normalized spacial score (nSPS) is 18.0. The van der Waals surface area contributed by atoms with Gasteiger partial charge in [0.05, 0.1) is 0 Å². The Morgan fingerprint density at radius 1 is 0.448 bits per heavy atom. The summed E-state index contributed by atoms with van der Waals surface area (Å²) in [7, 11) is 0. The molecule has 0 aromatic carbocycles. The molecule has 0 radical (unpaired) electrons. The summed E-state index contributed by atoms with van der Waals surface area (Å²) in [6, 6.07) is 0. The largest absolute Gasteiger partial charge is 0.390 e. The van der Waals surface area contributed by atoms with Gasteiger partial charge in [-0.05, 0) is 0 Å². The van der Waals surface area contributed by atoms with Gasteiger partial charge in [0.1, 0.15) is 13.2 Å². The Morgan fingerprint density at radius 3 is 0.966 bits per heavy atom. The molecule has 0 fully saturated rings. The Hall–Kier alpha value is -1.14. The van der Waals surface area contributed by atoms with Crippen molar-refractivity contribution in [2.24, 2.45) is 0 Å². The highest BCUT2D eigenvalue weighted by Crippen LogP contribution is 2.55. The van der Waals surface area contributed by atoms with Crippen molar-refractivity contribution in [3.63, 3.8) is 0 Å². The Labute approximate surface area is 150 Å². The van der Waals surface area contributed by atoms with Crippen molar-refractivity contribution in [1.82, 2.24) is 0 Å². The number of hydrogen-bond acceptors (Lipinski definition) is 4. The summed E-state index contributed by atoms with van der Waals surface area (Å²) in [5, 5.41) is 33.2. The van der Waals surface area contributed by atoms with E-state index in [2.05, 4.69) is 0 Å². The smallest absolute Gasteiger partial charge is 0.381 e. The van der Waals surface area contributed by atoms with Gasteiger partial charge in [0.25, 0.3) is 0 Å². The molecule has 0 spiro atoms. The lowest BCUT2D eigenvalue weighted by atomic mass is 9.88. The van der Waals surface area contributed by atoms with Crippen LogP contribution in [0.25, 0.3) is 0 Å². The highest BCUT2D eigenvalue weighted by atomic mass is 19.4. The minimum absolute atomic E-state index is 3.12. The predicted octanol–water partition coefficient (Wildman–Crippen LogP) is 2.14. The van der Waals surface area contributed by atoms with Gasteiger partial charge >= 0.3 is 41.5 Å². The maximum atomic E-state index is 13.4. The molecule has 176 valence electrons. The van der Waals surface area contributed by atoms with Gasteiger partial charge in [-0.15, -0.1) is 0 Å². The van der Waals surface area contributed by atoms with Crippen LogP contribution in [0.5, 0.6) is 0 Å². The number of rotatable bonds is 10. The summed E-state index contributed by atoms with van der Waals surface area (Å²) in [6.07, 6.45) is -10.8. The van der Waals surface area contributed by atoms with Crippen molar-refractivity contribution in [2.45, 2.75) is 53.7 Å².